The van der Waals surface area contributed by atoms with Crippen molar-refractivity contribution < 1.29 is 50.0 Å². The zero-order chi connectivity index (χ0) is 56.8. The Balaban J connectivity index is 2.25. The van der Waals surface area contributed by atoms with Crippen molar-refractivity contribution in [2.45, 2.75) is 358 Å². The Morgan fingerprint density at radius 3 is 1.14 bits per heavy atom. The zero-order valence-electron chi connectivity index (χ0n) is 50.4. The van der Waals surface area contributed by atoms with Crippen LogP contribution < -0.4 is 5.32 Å². The number of nitrogens with one attached hydrogen (secondary N) is 1. The highest BCUT2D eigenvalue weighted by molar-refractivity contribution is 5.80. The molecule has 0 aromatic heterocycles. The summed E-state index contributed by atoms with van der Waals surface area (Å²) in [5, 5.41) is 76.3. The number of hydrogen-bond acceptors (Lipinski definition) is 10. The minimum Gasteiger partial charge on any atom is -0.394 e. The molecule has 8 N–H and O–H groups in total. The first kappa shape index (κ1) is 74.1. The molecule has 1 rings (SSSR count). The van der Waals surface area contributed by atoms with Crippen molar-refractivity contribution in [3.8, 4) is 0 Å². The molecule has 1 aliphatic heterocycles. The van der Waals surface area contributed by atoms with Crippen LogP contribution in [0.3, 0.4) is 0 Å². The number of unbranched alkanes of at least 4 members (excludes halogenated alkanes) is 37. The van der Waals surface area contributed by atoms with Crippen molar-refractivity contribution in [3.63, 3.8) is 0 Å². The topological polar surface area (TPSA) is 189 Å². The van der Waals surface area contributed by atoms with E-state index in [1.807, 2.05) is 0 Å². The van der Waals surface area contributed by atoms with Crippen LogP contribution in [0.2, 0.25) is 0 Å². The second-order valence-electron chi connectivity index (χ2n) is 23.2. The van der Waals surface area contributed by atoms with Gasteiger partial charge in [-0.3, -0.25) is 4.79 Å². The average Bonchev–Trinajstić information content (AvgIpc) is 3.46. The highest BCUT2D eigenvalue weighted by Gasteiger charge is 2.44. The Morgan fingerprint density at radius 2 is 0.769 bits per heavy atom. The molecule has 9 unspecified atom stereocenters. The number of carbonyl (C=O) groups is 1. The van der Waals surface area contributed by atoms with E-state index in [-0.39, 0.29) is 12.8 Å². The fourth-order valence-electron chi connectivity index (χ4n) is 10.5. The molecule has 1 amide bonds. The second-order valence-corrected chi connectivity index (χ2v) is 23.2. The molecule has 11 heteroatoms. The van der Waals surface area contributed by atoms with Crippen molar-refractivity contribution in [1.82, 2.24) is 5.32 Å². The van der Waals surface area contributed by atoms with Crippen LogP contribution in [0.15, 0.2) is 48.6 Å². The Kier molecular flexibility index (Phi) is 52.8. The van der Waals surface area contributed by atoms with E-state index in [4.69, 9.17) is 9.47 Å². The molecule has 11 nitrogen and oxygen atoms in total. The van der Waals surface area contributed by atoms with E-state index in [2.05, 4.69) is 67.8 Å². The van der Waals surface area contributed by atoms with Crippen LogP contribution in [-0.2, 0) is 14.3 Å². The van der Waals surface area contributed by atoms with Gasteiger partial charge in [-0.05, 0) is 89.9 Å². The second kappa shape index (κ2) is 55.6. The first-order valence-electron chi connectivity index (χ1n) is 33.0. The molecule has 458 valence electrons. The normalized spacial score (nSPS) is 19.7. The molecule has 0 aliphatic carbocycles. The number of aliphatic hydroxyl groups is 7. The van der Waals surface area contributed by atoms with Crippen LogP contribution in [0.4, 0.5) is 0 Å². The van der Waals surface area contributed by atoms with Gasteiger partial charge in [0.15, 0.2) is 6.29 Å². The molecular weight excluding hydrogens is 979 g/mol. The van der Waals surface area contributed by atoms with Crippen molar-refractivity contribution >= 4 is 5.91 Å². The first-order chi connectivity index (χ1) is 38.2. The van der Waals surface area contributed by atoms with E-state index in [0.29, 0.717) is 19.3 Å². The zero-order valence-corrected chi connectivity index (χ0v) is 50.4. The van der Waals surface area contributed by atoms with Crippen molar-refractivity contribution in [1.29, 1.82) is 0 Å². The van der Waals surface area contributed by atoms with Crippen molar-refractivity contribution in [2.75, 3.05) is 13.2 Å². The smallest absolute Gasteiger partial charge is 0.249 e. The summed E-state index contributed by atoms with van der Waals surface area (Å²) in [5.41, 5.74) is 0. The number of rotatable bonds is 57. The summed E-state index contributed by atoms with van der Waals surface area (Å²) in [6, 6.07) is -1.20. The lowest BCUT2D eigenvalue weighted by atomic mass is 9.98. The fourth-order valence-corrected chi connectivity index (χ4v) is 10.5. The Bertz CT molecular complexity index is 1410. The Morgan fingerprint density at radius 1 is 0.436 bits per heavy atom. The van der Waals surface area contributed by atoms with Gasteiger partial charge in [-0.25, -0.2) is 0 Å². The summed E-state index contributed by atoms with van der Waals surface area (Å²) in [6.07, 6.45) is 60.4. The summed E-state index contributed by atoms with van der Waals surface area (Å²) < 4.78 is 11.2. The molecular formula is C67H125NO10. The van der Waals surface area contributed by atoms with E-state index in [0.717, 1.165) is 44.9 Å². The summed E-state index contributed by atoms with van der Waals surface area (Å²) in [4.78, 5) is 13.2. The molecule has 0 radical (unpaired) electrons. The lowest BCUT2D eigenvalue weighted by Crippen LogP contribution is -2.60. The van der Waals surface area contributed by atoms with Gasteiger partial charge in [0.25, 0.3) is 0 Å². The third kappa shape index (κ3) is 42.8. The van der Waals surface area contributed by atoms with Gasteiger partial charge in [0, 0.05) is 0 Å². The van der Waals surface area contributed by atoms with Crippen LogP contribution >= 0.6 is 0 Å². The lowest BCUT2D eigenvalue weighted by molar-refractivity contribution is -0.303. The number of ether oxygens (including phenoxy) is 2. The van der Waals surface area contributed by atoms with Gasteiger partial charge in [-0.2, -0.15) is 0 Å². The predicted molar refractivity (Wildman–Crippen MR) is 325 cm³/mol. The quantitative estimate of drug-likeness (QED) is 0.0215. The summed E-state index contributed by atoms with van der Waals surface area (Å²) in [7, 11) is 0. The highest BCUT2D eigenvalue weighted by atomic mass is 16.7. The Hall–Kier alpha value is -1.93. The highest BCUT2D eigenvalue weighted by Crippen LogP contribution is 2.23. The minimum absolute atomic E-state index is 0.241. The maximum absolute atomic E-state index is 13.2. The third-order valence-corrected chi connectivity index (χ3v) is 15.8. The number of allylic oxidation sites excluding steroid dienone is 8. The van der Waals surface area contributed by atoms with E-state index in [1.54, 1.807) is 0 Å². The van der Waals surface area contributed by atoms with Crippen molar-refractivity contribution in [3.05, 3.63) is 48.6 Å². The van der Waals surface area contributed by atoms with Gasteiger partial charge >= 0.3 is 0 Å². The van der Waals surface area contributed by atoms with Crippen molar-refractivity contribution in [2.24, 2.45) is 0 Å². The first-order valence-corrected chi connectivity index (χ1v) is 33.0. The van der Waals surface area contributed by atoms with Crippen LogP contribution in [0.25, 0.3) is 0 Å². The van der Waals surface area contributed by atoms with E-state index < -0.39 is 74.2 Å². The molecule has 1 fully saturated rings. The summed E-state index contributed by atoms with van der Waals surface area (Å²) in [5.74, 6) is -0.709. The average molecular weight is 1100 g/mol. The number of amides is 1. The van der Waals surface area contributed by atoms with E-state index in [9.17, 15) is 40.5 Å². The third-order valence-electron chi connectivity index (χ3n) is 15.8. The summed E-state index contributed by atoms with van der Waals surface area (Å²) in [6.45, 7) is 3.46. The van der Waals surface area contributed by atoms with Gasteiger partial charge in [0.05, 0.1) is 25.4 Å². The van der Waals surface area contributed by atoms with Crippen LogP contribution in [0.1, 0.15) is 303 Å². The standard InChI is InChI=1S/C67H125NO10/c1-3-5-7-9-11-13-15-17-19-21-23-25-26-27-28-29-30-31-32-33-35-37-39-41-43-45-47-49-51-53-55-60(71)66(76)68-58(57-77-67-65(75)64(74)63(73)61(56-69)78-67)62(72)59(70)54-52-50-48-46-44-42-40-38-36-34-24-22-20-18-16-14-12-10-8-6-4-2/h22,24,27-28,38,40,46,48,58-65,67,69-75H,3-21,23,25-26,29-37,39,41-45,47,49-57H2,1-2H3,(H,68,76)/b24-22+,28-27-,40-38+,48-46+. The minimum atomic E-state index is -1.67. The van der Waals surface area contributed by atoms with Crippen LogP contribution in [0.5, 0.6) is 0 Å². The SMILES string of the molecule is CCCCCCCCCC/C=C/CC/C=C/CC/C=C/CCCC(O)C(O)C(COC1OC(CO)C(O)C(O)C1O)NC(=O)C(O)CCCCCCCCCCCCCCCC/C=C\CCCCCCCCCCCCCC. The predicted octanol–water partition coefficient (Wildman–Crippen LogP) is 15.2. The van der Waals surface area contributed by atoms with Crippen LogP contribution in [-0.4, -0.2) is 110 Å². The van der Waals surface area contributed by atoms with Gasteiger partial charge in [-0.1, -0.05) is 262 Å². The molecule has 0 aromatic rings. The molecule has 0 aromatic carbocycles. The van der Waals surface area contributed by atoms with Gasteiger partial charge in [0.1, 0.15) is 36.6 Å². The lowest BCUT2D eigenvalue weighted by Gasteiger charge is -2.40. The molecule has 1 saturated heterocycles. The van der Waals surface area contributed by atoms with Gasteiger partial charge in [0.2, 0.25) is 5.91 Å². The largest absolute Gasteiger partial charge is 0.394 e. The van der Waals surface area contributed by atoms with Crippen LogP contribution in [0, 0.1) is 0 Å². The number of hydrogen-bond donors (Lipinski definition) is 8. The van der Waals surface area contributed by atoms with Gasteiger partial charge in [-0.15, -0.1) is 0 Å². The molecule has 0 spiro atoms. The Labute approximate surface area is 479 Å². The maximum Gasteiger partial charge on any atom is 0.249 e. The molecule has 0 saturated carbocycles. The maximum atomic E-state index is 13.2. The molecule has 9 atom stereocenters. The number of aliphatic hydroxyl groups excluding tert-OH is 7. The monoisotopic (exact) mass is 1100 g/mol. The molecule has 0 bridgehead atoms. The fraction of sp³-hybridized carbons (Fsp3) is 0.866. The number of carbonyl (C=O) groups excluding carboxylic acids is 1. The van der Waals surface area contributed by atoms with E-state index >= 15 is 0 Å². The van der Waals surface area contributed by atoms with Gasteiger partial charge < -0.3 is 50.5 Å². The van der Waals surface area contributed by atoms with E-state index in [1.165, 1.54) is 212 Å². The summed E-state index contributed by atoms with van der Waals surface area (Å²) >= 11 is 0. The molecule has 1 aliphatic rings. The molecule has 1 heterocycles. The molecule has 78 heavy (non-hydrogen) atoms.